The molecule has 0 fully saturated rings. The molecule has 0 saturated carbocycles. The van der Waals surface area contributed by atoms with Crippen molar-refractivity contribution in [2.45, 2.75) is 13.0 Å². The van der Waals surface area contributed by atoms with Gasteiger partial charge in [-0.15, -0.1) is 0 Å². The molecule has 4 rings (SSSR count). The zero-order valence-corrected chi connectivity index (χ0v) is 18.0. The number of rotatable bonds is 5. The predicted molar refractivity (Wildman–Crippen MR) is 117 cm³/mol. The molecule has 2 N–H and O–H groups in total. The van der Waals surface area contributed by atoms with Gasteiger partial charge in [0, 0.05) is 17.7 Å². The van der Waals surface area contributed by atoms with E-state index in [2.05, 4.69) is 4.74 Å². The lowest BCUT2D eigenvalue weighted by Gasteiger charge is -2.20. The molecule has 4 aromatic carbocycles. The first-order valence-corrected chi connectivity index (χ1v) is 10.1. The molecule has 9 heteroatoms. The van der Waals surface area contributed by atoms with E-state index in [1.54, 1.807) is 12.1 Å². The molecule has 0 heterocycles. The van der Waals surface area contributed by atoms with Gasteiger partial charge in [-0.05, 0) is 41.8 Å². The first kappa shape index (κ1) is 24.1. The normalized spacial score (nSPS) is 11.5. The zero-order chi connectivity index (χ0) is 25.5. The molecule has 180 valence electrons. The minimum Gasteiger partial charge on any atom is -0.429 e. The molecule has 0 aliphatic heterocycles. The Morgan fingerprint density at radius 3 is 1.69 bits per heavy atom. The number of anilines is 1. The van der Waals surface area contributed by atoms with E-state index >= 15 is 0 Å². The third-order valence-corrected chi connectivity index (χ3v) is 5.30. The lowest BCUT2D eigenvalue weighted by molar-refractivity contribution is -0.189. The minimum atomic E-state index is -4.66. The van der Waals surface area contributed by atoms with Gasteiger partial charge in [0.2, 0.25) is 0 Å². The number of hydrogen-bond donors (Lipinski definition) is 1. The second-order valence-electron chi connectivity index (χ2n) is 7.79. The van der Waals surface area contributed by atoms with Crippen molar-refractivity contribution in [1.82, 2.24) is 0 Å². The fraction of sp³-hybridized carbons (Fsp3) is 0.0769. The highest BCUT2D eigenvalue weighted by Crippen LogP contribution is 2.38. The quantitative estimate of drug-likeness (QED) is 0.229. The maximum absolute atomic E-state index is 14.8. The van der Waals surface area contributed by atoms with Crippen LogP contribution in [0.5, 0.6) is 5.75 Å². The number of hydrogen-bond acceptors (Lipinski definition) is 2. The molecule has 0 amide bonds. The van der Waals surface area contributed by atoms with Gasteiger partial charge < -0.3 is 10.5 Å². The molecule has 0 aromatic heterocycles. The van der Waals surface area contributed by atoms with E-state index in [-0.39, 0.29) is 11.1 Å². The van der Waals surface area contributed by atoms with Gasteiger partial charge in [-0.2, -0.15) is 8.78 Å². The topological polar surface area (TPSA) is 35.2 Å². The largest absolute Gasteiger partial charge is 0.432 e. The average molecular weight is 491 g/mol. The van der Waals surface area contributed by atoms with E-state index in [9.17, 15) is 30.7 Å². The average Bonchev–Trinajstić information content (AvgIpc) is 2.76. The van der Waals surface area contributed by atoms with Crippen LogP contribution >= 0.6 is 0 Å². The maximum atomic E-state index is 14.8. The van der Waals surface area contributed by atoms with E-state index < -0.39 is 52.2 Å². The molecule has 0 spiro atoms. The van der Waals surface area contributed by atoms with Crippen molar-refractivity contribution < 1.29 is 35.5 Å². The Morgan fingerprint density at radius 1 is 0.629 bits per heavy atom. The molecule has 0 unspecified atom stereocenters. The Morgan fingerprint density at radius 2 is 1.14 bits per heavy atom. The van der Waals surface area contributed by atoms with Crippen LogP contribution in [0.4, 0.5) is 36.4 Å². The summed E-state index contributed by atoms with van der Waals surface area (Å²) >= 11 is 0. The van der Waals surface area contributed by atoms with E-state index in [1.165, 1.54) is 12.1 Å². The summed E-state index contributed by atoms with van der Waals surface area (Å²) < 4.78 is 104. The molecule has 35 heavy (non-hydrogen) atoms. The van der Waals surface area contributed by atoms with Crippen LogP contribution in [0.3, 0.4) is 0 Å². The fourth-order valence-electron chi connectivity index (χ4n) is 3.50. The number of nitrogen functional groups attached to an aromatic ring is 1. The Kier molecular flexibility index (Phi) is 6.19. The summed E-state index contributed by atoms with van der Waals surface area (Å²) in [4.78, 5) is 0. The van der Waals surface area contributed by atoms with Crippen molar-refractivity contribution >= 4 is 5.69 Å². The molecular formula is C26H16F7NO. The summed E-state index contributed by atoms with van der Waals surface area (Å²) in [5.74, 6) is -8.15. The van der Waals surface area contributed by atoms with Gasteiger partial charge in [0.1, 0.15) is 34.5 Å². The number of benzene rings is 4. The van der Waals surface area contributed by atoms with Crippen molar-refractivity contribution in [1.29, 1.82) is 0 Å². The SMILES string of the molecule is Cc1ccc(-c2ccc(-c3cc(F)c(C(F)(F)Oc4cc(F)c(N)c(F)c4)c(F)c3)c(F)c2)cc1. The smallest absolute Gasteiger partial charge is 0.429 e. The summed E-state index contributed by atoms with van der Waals surface area (Å²) in [5, 5.41) is 0. The lowest BCUT2D eigenvalue weighted by atomic mass is 9.98. The van der Waals surface area contributed by atoms with E-state index in [0.29, 0.717) is 35.4 Å². The third kappa shape index (κ3) is 4.80. The van der Waals surface area contributed by atoms with Crippen molar-refractivity contribution in [3.05, 3.63) is 107 Å². The van der Waals surface area contributed by atoms with Crippen molar-refractivity contribution in [2.24, 2.45) is 0 Å². The minimum absolute atomic E-state index is 0.225. The van der Waals surface area contributed by atoms with Crippen LogP contribution < -0.4 is 10.5 Å². The van der Waals surface area contributed by atoms with Gasteiger partial charge >= 0.3 is 6.11 Å². The highest BCUT2D eigenvalue weighted by Gasteiger charge is 2.41. The molecular weight excluding hydrogens is 475 g/mol. The van der Waals surface area contributed by atoms with Crippen molar-refractivity contribution in [2.75, 3.05) is 5.73 Å². The van der Waals surface area contributed by atoms with Crippen molar-refractivity contribution in [3.8, 4) is 28.0 Å². The summed E-state index contributed by atoms with van der Waals surface area (Å²) in [6.07, 6.45) is -4.66. The second kappa shape index (κ2) is 8.98. The van der Waals surface area contributed by atoms with E-state index in [1.807, 2.05) is 19.1 Å². The van der Waals surface area contributed by atoms with Gasteiger partial charge in [-0.25, -0.2) is 22.0 Å². The fourth-order valence-corrected chi connectivity index (χ4v) is 3.50. The van der Waals surface area contributed by atoms with Crippen LogP contribution in [0.2, 0.25) is 0 Å². The van der Waals surface area contributed by atoms with Gasteiger partial charge in [0.05, 0.1) is 0 Å². The molecule has 0 saturated heterocycles. The van der Waals surface area contributed by atoms with Crippen LogP contribution in [0, 0.1) is 36.0 Å². The van der Waals surface area contributed by atoms with Gasteiger partial charge in [0.25, 0.3) is 0 Å². The third-order valence-electron chi connectivity index (χ3n) is 5.30. The Labute approximate surface area is 195 Å². The highest BCUT2D eigenvalue weighted by atomic mass is 19.3. The van der Waals surface area contributed by atoms with E-state index in [0.717, 1.165) is 11.6 Å². The van der Waals surface area contributed by atoms with E-state index in [4.69, 9.17) is 5.73 Å². The van der Waals surface area contributed by atoms with Crippen LogP contribution in [-0.2, 0) is 6.11 Å². The number of halogens is 7. The first-order valence-electron chi connectivity index (χ1n) is 10.1. The molecule has 2 nitrogen and oxygen atoms in total. The van der Waals surface area contributed by atoms with Gasteiger partial charge in [-0.1, -0.05) is 42.0 Å². The van der Waals surface area contributed by atoms with Crippen LogP contribution in [-0.4, -0.2) is 0 Å². The standard InChI is InChI=1S/C26H16F7NO/c1-13-2-4-14(5-3-13)15-6-7-18(19(27)8-15)16-9-20(28)24(21(29)10-16)26(32,33)35-17-11-22(30)25(34)23(31)12-17/h2-12H,34H2,1H3. The van der Waals surface area contributed by atoms with Gasteiger partial charge in [0.15, 0.2) is 11.6 Å². The van der Waals surface area contributed by atoms with Crippen LogP contribution in [0.15, 0.2) is 66.7 Å². The maximum Gasteiger partial charge on any atom is 0.432 e. The molecule has 4 aromatic rings. The number of ether oxygens (including phenoxy) is 1. The van der Waals surface area contributed by atoms with Crippen molar-refractivity contribution in [3.63, 3.8) is 0 Å². The molecule has 0 radical (unpaired) electrons. The molecule has 0 bridgehead atoms. The summed E-state index contributed by atoms with van der Waals surface area (Å²) in [7, 11) is 0. The van der Waals surface area contributed by atoms with Crippen LogP contribution in [0.1, 0.15) is 11.1 Å². The Bertz CT molecular complexity index is 1370. The Balaban J connectivity index is 1.67. The monoisotopic (exact) mass is 491 g/mol. The molecule has 0 atom stereocenters. The lowest BCUT2D eigenvalue weighted by Crippen LogP contribution is -2.25. The summed E-state index contributed by atoms with van der Waals surface area (Å²) in [5.41, 5.74) is 3.98. The second-order valence-corrected chi connectivity index (χ2v) is 7.79. The number of aryl methyl sites for hydroxylation is 1. The molecule has 0 aliphatic carbocycles. The predicted octanol–water partition coefficient (Wildman–Crippen LogP) is 7.74. The van der Waals surface area contributed by atoms with Gasteiger partial charge in [-0.3, -0.25) is 0 Å². The number of alkyl halides is 2. The zero-order valence-electron chi connectivity index (χ0n) is 18.0. The first-order chi connectivity index (χ1) is 16.5. The summed E-state index contributed by atoms with van der Waals surface area (Å²) in [6, 6.07) is 12.9. The highest BCUT2D eigenvalue weighted by molar-refractivity contribution is 5.71. The number of nitrogens with two attached hydrogens (primary N) is 1. The summed E-state index contributed by atoms with van der Waals surface area (Å²) in [6.45, 7) is 1.89. The molecule has 0 aliphatic rings. The van der Waals surface area contributed by atoms with Crippen LogP contribution in [0.25, 0.3) is 22.3 Å². The Hall–Kier alpha value is -4.01.